The topological polar surface area (TPSA) is 115 Å². The molecule has 0 spiro atoms. The van der Waals surface area contributed by atoms with Crippen LogP contribution in [0.1, 0.15) is 31.4 Å². The lowest BCUT2D eigenvalue weighted by Gasteiger charge is -2.27. The largest absolute Gasteiger partial charge is 0.489 e. The molecule has 5 aromatic rings. The molecule has 0 atom stereocenters. The fraction of sp³-hybridized carbons (Fsp3) is 0.154. The van der Waals surface area contributed by atoms with Crippen LogP contribution in [0.4, 0.5) is 0 Å². The number of imide groups is 1. The fourth-order valence-corrected chi connectivity index (χ4v) is 5.65. The zero-order valence-electron chi connectivity index (χ0n) is 26.6. The van der Waals surface area contributed by atoms with Crippen molar-refractivity contribution >= 4 is 34.6 Å². The molecule has 0 fully saturated rings. The molecule has 9 heteroatoms. The van der Waals surface area contributed by atoms with Crippen LogP contribution in [0.2, 0.25) is 0 Å². The Bertz CT molecular complexity index is 2120. The number of hydrogen-bond acceptors (Lipinski definition) is 7. The van der Waals surface area contributed by atoms with Gasteiger partial charge in [-0.15, -0.1) is 0 Å². The van der Waals surface area contributed by atoms with Gasteiger partial charge < -0.3 is 9.47 Å². The molecule has 0 N–H and O–H groups in total. The summed E-state index contributed by atoms with van der Waals surface area (Å²) in [4.78, 5) is 39.0. The monoisotopic (exact) mass is 636 g/mol. The number of benzene rings is 4. The number of carbonyl (C=O) groups is 3. The van der Waals surface area contributed by atoms with E-state index in [-0.39, 0.29) is 30.7 Å². The van der Waals surface area contributed by atoms with Gasteiger partial charge in [-0.05, 0) is 77.7 Å². The number of rotatable bonds is 10. The SMILES string of the molecule is CC(=O)OCCCN1C(=O)C(C#N)=C(C)/C(=C\c2cn(-c3ccccc3)nc2-c2ccc(OCc3cccc4ccccc34)cc2)C1=O. The molecule has 1 aromatic heterocycles. The average Bonchev–Trinajstić information content (AvgIpc) is 3.53. The van der Waals surface area contributed by atoms with Gasteiger partial charge in [0, 0.05) is 36.4 Å². The van der Waals surface area contributed by atoms with E-state index in [1.807, 2.05) is 85.1 Å². The highest BCUT2D eigenvalue weighted by Crippen LogP contribution is 2.32. The maximum absolute atomic E-state index is 13.7. The van der Waals surface area contributed by atoms with Gasteiger partial charge in [0.05, 0.1) is 18.0 Å². The maximum atomic E-state index is 13.7. The van der Waals surface area contributed by atoms with Crippen LogP contribution in [0.15, 0.2) is 120 Å². The maximum Gasteiger partial charge on any atom is 0.302 e. The number of nitriles is 1. The van der Waals surface area contributed by atoms with Crippen LogP contribution in [-0.2, 0) is 25.7 Å². The number of fused-ring (bicyclic) bond motifs is 1. The molecular weight excluding hydrogens is 604 g/mol. The van der Waals surface area contributed by atoms with E-state index in [9.17, 15) is 19.6 Å². The van der Waals surface area contributed by atoms with Crippen LogP contribution in [0, 0.1) is 11.3 Å². The molecule has 48 heavy (non-hydrogen) atoms. The van der Waals surface area contributed by atoms with E-state index >= 15 is 0 Å². The average molecular weight is 637 g/mol. The normalized spacial score (nSPS) is 14.0. The smallest absolute Gasteiger partial charge is 0.302 e. The summed E-state index contributed by atoms with van der Waals surface area (Å²) in [7, 11) is 0. The Morgan fingerprint density at radius 3 is 2.40 bits per heavy atom. The second-order valence-electron chi connectivity index (χ2n) is 11.3. The highest BCUT2D eigenvalue weighted by molar-refractivity contribution is 6.19. The first kappa shape index (κ1) is 31.7. The molecule has 9 nitrogen and oxygen atoms in total. The first-order chi connectivity index (χ1) is 23.3. The molecule has 2 heterocycles. The molecule has 0 bridgehead atoms. The second kappa shape index (κ2) is 14.0. The zero-order chi connectivity index (χ0) is 33.6. The summed E-state index contributed by atoms with van der Waals surface area (Å²) < 4.78 is 12.9. The standard InChI is InChI=1S/C39H32N4O5/c1-26-35(38(45)42(39(46)36(26)23-40)20-9-21-47-27(2)44)22-31-24-43(32-13-4-3-5-14-32)41-37(31)29-16-18-33(19-17-29)48-25-30-12-8-11-28-10-6-7-15-34(28)30/h3-8,10-19,22,24H,9,20-21,25H2,1-2H3/b35-22+. The van der Waals surface area contributed by atoms with Gasteiger partial charge in [-0.3, -0.25) is 19.3 Å². The molecule has 0 aliphatic carbocycles. The summed E-state index contributed by atoms with van der Waals surface area (Å²) in [6, 6.07) is 33.5. The van der Waals surface area contributed by atoms with E-state index in [4.69, 9.17) is 14.6 Å². The van der Waals surface area contributed by atoms with Crippen LogP contribution in [0.3, 0.4) is 0 Å². The van der Waals surface area contributed by atoms with Crippen LogP contribution in [-0.4, -0.2) is 45.6 Å². The number of hydrogen-bond donors (Lipinski definition) is 0. The molecule has 0 saturated carbocycles. The summed E-state index contributed by atoms with van der Waals surface area (Å²) in [6.07, 6.45) is 3.73. The van der Waals surface area contributed by atoms with Crippen molar-refractivity contribution in [3.05, 3.63) is 131 Å². The third-order valence-corrected chi connectivity index (χ3v) is 8.12. The number of amides is 2. The third kappa shape index (κ3) is 6.64. The lowest BCUT2D eigenvalue weighted by Crippen LogP contribution is -2.43. The zero-order valence-corrected chi connectivity index (χ0v) is 26.6. The van der Waals surface area contributed by atoms with E-state index in [1.165, 1.54) is 6.92 Å². The molecule has 2 amide bonds. The molecule has 6 rings (SSSR count). The minimum Gasteiger partial charge on any atom is -0.489 e. The Hall–Kier alpha value is -6.27. The van der Waals surface area contributed by atoms with Crippen molar-refractivity contribution in [1.82, 2.24) is 14.7 Å². The number of aromatic nitrogens is 2. The van der Waals surface area contributed by atoms with Crippen molar-refractivity contribution < 1.29 is 23.9 Å². The van der Waals surface area contributed by atoms with Gasteiger partial charge in [0.15, 0.2) is 0 Å². The highest BCUT2D eigenvalue weighted by atomic mass is 16.5. The first-order valence-electron chi connectivity index (χ1n) is 15.5. The molecule has 0 saturated heterocycles. The minimum absolute atomic E-state index is 0.00286. The number of carbonyl (C=O) groups excluding carboxylic acids is 3. The predicted molar refractivity (Wildman–Crippen MR) is 182 cm³/mol. The lowest BCUT2D eigenvalue weighted by atomic mass is 9.93. The quantitative estimate of drug-likeness (QED) is 0.0715. The number of ether oxygens (including phenoxy) is 2. The Balaban J connectivity index is 1.33. The Labute approximate surface area is 277 Å². The van der Waals surface area contributed by atoms with E-state index < -0.39 is 17.8 Å². The second-order valence-corrected chi connectivity index (χ2v) is 11.3. The van der Waals surface area contributed by atoms with E-state index in [1.54, 1.807) is 17.7 Å². The molecule has 0 unspecified atom stereocenters. The van der Waals surface area contributed by atoms with Crippen molar-refractivity contribution in [3.63, 3.8) is 0 Å². The summed E-state index contributed by atoms with van der Waals surface area (Å²) in [6.45, 7) is 3.34. The number of nitrogens with zero attached hydrogens (tertiary/aromatic N) is 4. The highest BCUT2D eigenvalue weighted by Gasteiger charge is 2.35. The van der Waals surface area contributed by atoms with Gasteiger partial charge in [-0.1, -0.05) is 60.7 Å². The first-order valence-corrected chi connectivity index (χ1v) is 15.5. The van der Waals surface area contributed by atoms with Crippen molar-refractivity contribution in [2.24, 2.45) is 0 Å². The molecule has 238 valence electrons. The van der Waals surface area contributed by atoms with Gasteiger partial charge in [0.2, 0.25) is 0 Å². The van der Waals surface area contributed by atoms with E-state index in [0.717, 1.165) is 32.5 Å². The van der Waals surface area contributed by atoms with Crippen molar-refractivity contribution in [2.75, 3.05) is 13.2 Å². The molecular formula is C39H32N4O5. The van der Waals surface area contributed by atoms with Gasteiger partial charge in [0.25, 0.3) is 11.8 Å². The van der Waals surface area contributed by atoms with Crippen LogP contribution >= 0.6 is 0 Å². The summed E-state index contributed by atoms with van der Waals surface area (Å²) in [5.74, 6) is -0.959. The van der Waals surface area contributed by atoms with Crippen molar-refractivity contribution in [3.8, 4) is 28.8 Å². The predicted octanol–water partition coefficient (Wildman–Crippen LogP) is 6.82. The summed E-state index contributed by atoms with van der Waals surface area (Å²) in [5, 5.41) is 17.0. The van der Waals surface area contributed by atoms with E-state index in [2.05, 4.69) is 24.3 Å². The summed E-state index contributed by atoms with van der Waals surface area (Å²) >= 11 is 0. The van der Waals surface area contributed by atoms with Gasteiger partial charge in [-0.2, -0.15) is 10.4 Å². The molecule has 4 aromatic carbocycles. The molecule has 0 radical (unpaired) electrons. The lowest BCUT2D eigenvalue weighted by molar-refractivity contribution is -0.141. The Morgan fingerprint density at radius 2 is 1.65 bits per heavy atom. The number of esters is 1. The fourth-order valence-electron chi connectivity index (χ4n) is 5.65. The Kier molecular flexibility index (Phi) is 9.26. The van der Waals surface area contributed by atoms with Crippen LogP contribution in [0.5, 0.6) is 5.75 Å². The molecule has 1 aliphatic heterocycles. The third-order valence-electron chi connectivity index (χ3n) is 8.12. The van der Waals surface area contributed by atoms with Crippen LogP contribution in [0.25, 0.3) is 33.8 Å². The molecule has 1 aliphatic rings. The van der Waals surface area contributed by atoms with Crippen molar-refractivity contribution in [1.29, 1.82) is 5.26 Å². The van der Waals surface area contributed by atoms with Gasteiger partial charge in [0.1, 0.15) is 24.0 Å². The van der Waals surface area contributed by atoms with Crippen LogP contribution < -0.4 is 4.74 Å². The van der Waals surface area contributed by atoms with Crippen molar-refractivity contribution in [2.45, 2.75) is 26.9 Å². The number of para-hydroxylation sites is 1. The summed E-state index contributed by atoms with van der Waals surface area (Å²) in [5.41, 5.74) is 4.31. The van der Waals surface area contributed by atoms with Gasteiger partial charge in [-0.25, -0.2) is 4.68 Å². The van der Waals surface area contributed by atoms with E-state index in [0.29, 0.717) is 29.2 Å². The minimum atomic E-state index is -0.667. The van der Waals surface area contributed by atoms with Gasteiger partial charge >= 0.3 is 5.97 Å². The Morgan fingerprint density at radius 1 is 0.917 bits per heavy atom.